The molecule has 10 heteroatoms. The lowest BCUT2D eigenvalue weighted by Gasteiger charge is -2.33. The fourth-order valence-electron chi connectivity index (χ4n) is 3.14. The van der Waals surface area contributed by atoms with Gasteiger partial charge in [0.15, 0.2) is 6.61 Å². The highest BCUT2D eigenvalue weighted by Gasteiger charge is 2.38. The maximum Gasteiger partial charge on any atom is 0.392 e. The first-order valence-corrected chi connectivity index (χ1v) is 12.4. The van der Waals surface area contributed by atoms with E-state index in [-0.39, 0.29) is 25.2 Å². The van der Waals surface area contributed by atoms with Crippen LogP contribution in [0.3, 0.4) is 0 Å². The standard InChI is InChI=1S/C19H27F3N4O3.3C2H6/c1-3-23-24-17(10-19(20,21)22)25(2)15-8-9-26(11-15)18(28)13-29-16-6-4-14(12-27)5-7-16;3*1-2/h3-7,15,17,24,27H,8-13H2,1-2H3;3*1-2H3/b23-3-;;;. The van der Waals surface area contributed by atoms with Gasteiger partial charge < -0.3 is 14.7 Å². The second kappa shape index (κ2) is 19.9. The van der Waals surface area contributed by atoms with Crippen LogP contribution in [0.25, 0.3) is 0 Å². The van der Waals surface area contributed by atoms with Gasteiger partial charge in [0.1, 0.15) is 11.9 Å². The Bertz CT molecular complexity index is 686. The summed E-state index contributed by atoms with van der Waals surface area (Å²) in [5, 5.41) is 12.8. The average Bonchev–Trinajstić information content (AvgIpc) is 3.38. The van der Waals surface area contributed by atoms with Crippen molar-refractivity contribution in [3.8, 4) is 5.75 Å². The van der Waals surface area contributed by atoms with Crippen LogP contribution in [0.4, 0.5) is 13.2 Å². The minimum absolute atomic E-state index is 0.0738. The van der Waals surface area contributed by atoms with Crippen molar-refractivity contribution in [2.24, 2.45) is 5.10 Å². The number of nitrogens with one attached hydrogen (secondary N) is 1. The number of ether oxygens (including phenoxy) is 1. The zero-order valence-electron chi connectivity index (χ0n) is 22.5. The summed E-state index contributed by atoms with van der Waals surface area (Å²) >= 11 is 0. The number of rotatable bonds is 9. The molecule has 0 aromatic heterocycles. The highest BCUT2D eigenvalue weighted by molar-refractivity contribution is 5.78. The Morgan fingerprint density at radius 2 is 1.80 bits per heavy atom. The number of halogens is 3. The molecule has 0 radical (unpaired) electrons. The summed E-state index contributed by atoms with van der Waals surface area (Å²) in [7, 11) is 1.60. The molecule has 1 fully saturated rings. The van der Waals surface area contributed by atoms with Gasteiger partial charge >= 0.3 is 6.18 Å². The molecule has 0 aliphatic carbocycles. The van der Waals surface area contributed by atoms with Gasteiger partial charge in [0.05, 0.1) is 13.0 Å². The second-order valence-electron chi connectivity index (χ2n) is 6.89. The van der Waals surface area contributed by atoms with Crippen LogP contribution in [-0.2, 0) is 11.4 Å². The SMILES string of the molecule is C/C=N\NC(CC(F)(F)F)N(C)C1CCN(C(=O)COc2ccc(CO)cc2)C1.CC.CC.CC. The molecule has 35 heavy (non-hydrogen) atoms. The summed E-state index contributed by atoms with van der Waals surface area (Å²) in [6, 6.07) is 6.53. The molecule has 204 valence electrons. The highest BCUT2D eigenvalue weighted by Crippen LogP contribution is 2.25. The Kier molecular flexibility index (Phi) is 19.8. The molecule has 1 saturated heterocycles. The van der Waals surface area contributed by atoms with Crippen molar-refractivity contribution in [3.05, 3.63) is 29.8 Å². The molecular weight excluding hydrogens is 461 g/mol. The molecule has 1 heterocycles. The Morgan fingerprint density at radius 1 is 1.23 bits per heavy atom. The fraction of sp³-hybridized carbons (Fsp3) is 0.680. The maximum absolute atomic E-state index is 12.9. The molecule has 0 bridgehead atoms. The van der Waals surface area contributed by atoms with Crippen LogP contribution in [-0.4, -0.2) is 72.2 Å². The predicted octanol–water partition coefficient (Wildman–Crippen LogP) is 5.04. The van der Waals surface area contributed by atoms with E-state index in [0.29, 0.717) is 25.3 Å². The summed E-state index contributed by atoms with van der Waals surface area (Å²) in [6.45, 7) is 14.2. The molecule has 2 N–H and O–H groups in total. The van der Waals surface area contributed by atoms with Crippen molar-refractivity contribution in [1.29, 1.82) is 0 Å². The third-order valence-corrected chi connectivity index (χ3v) is 4.83. The van der Waals surface area contributed by atoms with Crippen LogP contribution in [0.1, 0.15) is 66.9 Å². The van der Waals surface area contributed by atoms with Gasteiger partial charge in [-0.05, 0) is 38.1 Å². The zero-order chi connectivity index (χ0) is 27.4. The number of carbonyl (C=O) groups is 1. The molecule has 1 aromatic rings. The molecule has 1 amide bonds. The van der Waals surface area contributed by atoms with E-state index in [0.717, 1.165) is 5.56 Å². The quantitative estimate of drug-likeness (QED) is 0.279. The summed E-state index contributed by atoms with van der Waals surface area (Å²) in [5.74, 6) is 0.286. The van der Waals surface area contributed by atoms with E-state index in [1.54, 1.807) is 48.0 Å². The van der Waals surface area contributed by atoms with Crippen LogP contribution in [0.2, 0.25) is 0 Å². The van der Waals surface area contributed by atoms with E-state index in [2.05, 4.69) is 10.5 Å². The highest BCUT2D eigenvalue weighted by atomic mass is 19.4. The number of likely N-dealkylation sites (tertiary alicyclic amines) is 1. The lowest BCUT2D eigenvalue weighted by Crippen LogP contribution is -2.50. The van der Waals surface area contributed by atoms with Crippen LogP contribution < -0.4 is 10.2 Å². The number of aliphatic hydroxyl groups excluding tert-OH is 1. The first-order chi connectivity index (χ1) is 16.7. The smallest absolute Gasteiger partial charge is 0.392 e. The van der Waals surface area contributed by atoms with E-state index < -0.39 is 18.8 Å². The molecule has 1 aliphatic heterocycles. The largest absolute Gasteiger partial charge is 0.484 e. The monoisotopic (exact) mass is 506 g/mol. The number of alkyl halides is 3. The molecule has 1 aliphatic rings. The van der Waals surface area contributed by atoms with Gasteiger partial charge in [-0.25, -0.2) is 0 Å². The first-order valence-electron chi connectivity index (χ1n) is 12.4. The molecule has 2 rings (SSSR count). The molecule has 1 aromatic carbocycles. The summed E-state index contributed by atoms with van der Waals surface area (Å²) in [5.41, 5.74) is 3.27. The summed E-state index contributed by atoms with van der Waals surface area (Å²) < 4.78 is 44.1. The van der Waals surface area contributed by atoms with Crippen LogP contribution >= 0.6 is 0 Å². The lowest BCUT2D eigenvalue weighted by molar-refractivity contribution is -0.151. The number of likely N-dealkylation sites (N-methyl/N-ethyl adjacent to an activating group) is 1. The van der Waals surface area contributed by atoms with Gasteiger partial charge in [-0.1, -0.05) is 53.7 Å². The molecule has 0 spiro atoms. The van der Waals surface area contributed by atoms with E-state index in [1.807, 2.05) is 41.5 Å². The number of benzene rings is 1. The van der Waals surface area contributed by atoms with E-state index >= 15 is 0 Å². The van der Waals surface area contributed by atoms with Crippen molar-refractivity contribution in [1.82, 2.24) is 15.2 Å². The first kappa shape index (κ1) is 34.8. The van der Waals surface area contributed by atoms with Crippen LogP contribution in [0.15, 0.2) is 29.4 Å². The van der Waals surface area contributed by atoms with E-state index in [4.69, 9.17) is 9.84 Å². The average molecular weight is 507 g/mol. The number of carbonyl (C=O) groups excluding carboxylic acids is 1. The van der Waals surface area contributed by atoms with Crippen molar-refractivity contribution in [3.63, 3.8) is 0 Å². The number of aliphatic hydroxyl groups is 1. The number of hydrogen-bond donors (Lipinski definition) is 2. The summed E-state index contributed by atoms with van der Waals surface area (Å²) in [6.07, 6.45) is -4.42. The number of hydrazone groups is 1. The molecule has 2 atom stereocenters. The molecular formula is C25H45F3N4O3. The van der Waals surface area contributed by atoms with Crippen molar-refractivity contribution in [2.45, 2.75) is 86.3 Å². The van der Waals surface area contributed by atoms with Gasteiger partial charge in [0.2, 0.25) is 0 Å². The van der Waals surface area contributed by atoms with Crippen molar-refractivity contribution < 1.29 is 27.8 Å². The Hall–Kier alpha value is -2.33. The predicted molar refractivity (Wildman–Crippen MR) is 136 cm³/mol. The number of nitrogens with zero attached hydrogens (tertiary/aromatic N) is 3. The lowest BCUT2D eigenvalue weighted by atomic mass is 10.2. The molecule has 2 unspecified atom stereocenters. The fourth-order valence-corrected chi connectivity index (χ4v) is 3.14. The maximum atomic E-state index is 12.9. The van der Waals surface area contributed by atoms with Gasteiger partial charge in [0.25, 0.3) is 5.91 Å². The van der Waals surface area contributed by atoms with Crippen molar-refractivity contribution >= 4 is 12.1 Å². The van der Waals surface area contributed by atoms with E-state index in [9.17, 15) is 18.0 Å². The Balaban J connectivity index is 0. The van der Waals surface area contributed by atoms with Gasteiger partial charge in [0, 0.05) is 25.3 Å². The molecule has 0 saturated carbocycles. The van der Waals surface area contributed by atoms with E-state index in [1.165, 1.54) is 6.21 Å². The third-order valence-electron chi connectivity index (χ3n) is 4.83. The van der Waals surface area contributed by atoms with Crippen LogP contribution in [0.5, 0.6) is 5.75 Å². The minimum atomic E-state index is -4.33. The zero-order valence-corrected chi connectivity index (χ0v) is 22.5. The second-order valence-corrected chi connectivity index (χ2v) is 6.89. The third kappa shape index (κ3) is 14.0. The number of hydrogen-bond acceptors (Lipinski definition) is 6. The van der Waals surface area contributed by atoms with Gasteiger partial charge in [-0.2, -0.15) is 18.3 Å². The van der Waals surface area contributed by atoms with Crippen LogP contribution in [0, 0.1) is 0 Å². The summed E-state index contributed by atoms with van der Waals surface area (Å²) in [4.78, 5) is 15.6. The minimum Gasteiger partial charge on any atom is -0.484 e. The van der Waals surface area contributed by atoms with Gasteiger partial charge in [-0.15, -0.1) is 0 Å². The Labute approximate surface area is 209 Å². The normalized spacial score (nSPS) is 15.8. The topological polar surface area (TPSA) is 77.4 Å². The van der Waals surface area contributed by atoms with Gasteiger partial charge in [-0.3, -0.25) is 15.1 Å². The number of amides is 1. The Morgan fingerprint density at radius 3 is 2.29 bits per heavy atom. The molecule has 7 nitrogen and oxygen atoms in total. The van der Waals surface area contributed by atoms with Crippen molar-refractivity contribution in [2.75, 3.05) is 26.7 Å².